The molecule has 0 amide bonds. The number of para-hydroxylation sites is 4. The zero-order valence-corrected chi connectivity index (χ0v) is 51.0. The molecule has 2 aliphatic rings. The van der Waals surface area contributed by atoms with Crippen LogP contribution in [0.25, 0.3) is 106 Å². The molecule has 7 heteroatoms. The van der Waals surface area contributed by atoms with Crippen LogP contribution in [0.2, 0.25) is 0 Å². The average molecular weight is 1240 g/mol. The summed E-state index contributed by atoms with van der Waals surface area (Å²) in [5, 5.41) is 13.4. The highest BCUT2D eigenvalue weighted by molar-refractivity contribution is 14.1. The number of fused-ring (bicyclic) bond motifs is 20. The molecule has 0 saturated carbocycles. The van der Waals surface area contributed by atoms with Crippen LogP contribution in [-0.4, -0.2) is 0 Å². The first-order chi connectivity index (χ1) is 41.6. The Morgan fingerprint density at radius 2 is 0.812 bits per heavy atom. The summed E-state index contributed by atoms with van der Waals surface area (Å²) in [4.78, 5) is 2.40. The van der Waals surface area contributed by atoms with Crippen molar-refractivity contribution in [3.63, 3.8) is 0 Å². The fraction of sp³-hybridized carbons (Fsp3) is 0.0769. The number of thiophene rings is 2. The Labute approximate surface area is 514 Å². The van der Waals surface area contributed by atoms with Gasteiger partial charge in [-0.2, -0.15) is 0 Å². The molecule has 0 radical (unpaired) electrons. The molecule has 0 spiro atoms. The SMILES string of the molecule is CC1(C)c2ccccc2-c2c1ccc1c2sc2c(I)cccc21.CC1(C)c2ccccc2-c2c1ccc1c2sc2c(N(c3ccccc3)c3ccc4oc5ccccc5c4c3)cccc21.c1ccc(Nc2ccc3oc4ccccc4c3c2)cc1. The van der Waals surface area contributed by atoms with E-state index in [2.05, 4.69) is 255 Å². The molecular weight excluding hydrogens is 1190 g/mol. The summed E-state index contributed by atoms with van der Waals surface area (Å²) in [7, 11) is 0. The van der Waals surface area contributed by atoms with Crippen molar-refractivity contribution in [3.8, 4) is 22.3 Å². The minimum absolute atomic E-state index is 0.0159. The lowest BCUT2D eigenvalue weighted by Gasteiger charge is -2.26. The van der Waals surface area contributed by atoms with Gasteiger partial charge in [0, 0.05) is 105 Å². The van der Waals surface area contributed by atoms with Gasteiger partial charge in [-0.15, -0.1) is 22.7 Å². The van der Waals surface area contributed by atoms with Gasteiger partial charge in [0.1, 0.15) is 22.3 Å². The van der Waals surface area contributed by atoms with Crippen LogP contribution in [-0.2, 0) is 10.8 Å². The van der Waals surface area contributed by atoms with Crippen molar-refractivity contribution in [2.75, 3.05) is 10.2 Å². The molecule has 0 unspecified atom stereocenters. The summed E-state index contributed by atoms with van der Waals surface area (Å²) >= 11 is 6.33. The first-order valence-electron chi connectivity index (χ1n) is 28.9. The minimum Gasteiger partial charge on any atom is -0.456 e. The summed E-state index contributed by atoms with van der Waals surface area (Å²) in [5.74, 6) is 0. The van der Waals surface area contributed by atoms with Crippen molar-refractivity contribution in [2.45, 2.75) is 38.5 Å². The Morgan fingerprint density at radius 3 is 1.44 bits per heavy atom. The lowest BCUT2D eigenvalue weighted by Crippen LogP contribution is -2.14. The molecule has 0 atom stereocenters. The van der Waals surface area contributed by atoms with Crippen molar-refractivity contribution in [1.82, 2.24) is 0 Å². The molecule has 4 heterocycles. The van der Waals surface area contributed by atoms with Crippen LogP contribution in [0, 0.1) is 3.57 Å². The van der Waals surface area contributed by atoms with E-state index >= 15 is 0 Å². The van der Waals surface area contributed by atoms with Crippen LogP contribution in [0.3, 0.4) is 0 Å². The zero-order chi connectivity index (χ0) is 57.1. The number of rotatable bonds is 5. The Balaban J connectivity index is 0.000000115. The van der Waals surface area contributed by atoms with Gasteiger partial charge in [-0.05, 0) is 141 Å². The molecule has 4 aromatic heterocycles. The Kier molecular flexibility index (Phi) is 12.2. The van der Waals surface area contributed by atoms with E-state index in [0.717, 1.165) is 66.6 Å². The normalized spacial score (nSPS) is 13.4. The standard InChI is InChI=1S/C39H27NOS.C21H15IS.C18H13NO/c1-39(2)31-16-8-6-14-29(31)36-32(39)21-20-28-27-15-10-17-33(37(27)42-38(28)36)40(24-11-4-3-5-12-24)25-19-22-35-30(23-25)26-13-7-9-18-34(26)41-35;1-21(2)15-8-4-3-6-14(15)18-16(21)11-10-13-12-7-5-9-17(22)19(12)23-20(13)18;1-2-6-13(7-3-1)19-14-10-11-18-16(12-14)15-8-4-5-9-17(15)20-18/h3-23H,1-2H3;3-11H,1-2H3;1-12,19H. The lowest BCUT2D eigenvalue weighted by molar-refractivity contribution is 0.661. The van der Waals surface area contributed by atoms with E-state index in [0.29, 0.717) is 0 Å². The number of hydrogen-bond acceptors (Lipinski definition) is 6. The molecule has 408 valence electrons. The van der Waals surface area contributed by atoms with Gasteiger partial charge in [0.15, 0.2) is 0 Å². The second kappa shape index (κ2) is 20.1. The topological polar surface area (TPSA) is 41.6 Å². The zero-order valence-electron chi connectivity index (χ0n) is 47.2. The van der Waals surface area contributed by atoms with Crippen LogP contribution in [0.15, 0.2) is 264 Å². The number of furan rings is 2. The van der Waals surface area contributed by atoms with E-state index < -0.39 is 0 Å². The van der Waals surface area contributed by atoms with Gasteiger partial charge in [-0.25, -0.2) is 0 Å². The van der Waals surface area contributed by atoms with E-state index in [9.17, 15) is 0 Å². The van der Waals surface area contributed by atoms with Crippen molar-refractivity contribution < 1.29 is 8.83 Å². The van der Waals surface area contributed by atoms with E-state index in [1.165, 1.54) is 94.1 Å². The fourth-order valence-electron chi connectivity index (χ4n) is 13.6. The smallest absolute Gasteiger partial charge is 0.135 e. The molecule has 85 heavy (non-hydrogen) atoms. The third kappa shape index (κ3) is 8.34. The van der Waals surface area contributed by atoms with Gasteiger partial charge in [0.05, 0.1) is 10.4 Å². The molecule has 0 fully saturated rings. The number of nitrogens with one attached hydrogen (secondary N) is 1. The summed E-state index contributed by atoms with van der Waals surface area (Å²) in [6.07, 6.45) is 0. The molecular formula is C78H55IN2O2S2. The third-order valence-electron chi connectivity index (χ3n) is 17.7. The van der Waals surface area contributed by atoms with Gasteiger partial charge in [0.25, 0.3) is 0 Å². The monoisotopic (exact) mass is 1240 g/mol. The fourth-order valence-corrected chi connectivity index (χ4v) is 17.0. The number of nitrogens with zero attached hydrogens (tertiary/aromatic N) is 1. The quantitative estimate of drug-likeness (QED) is 0.174. The minimum atomic E-state index is -0.0159. The highest BCUT2D eigenvalue weighted by Gasteiger charge is 2.38. The first kappa shape index (κ1) is 51.6. The van der Waals surface area contributed by atoms with E-state index in [1.54, 1.807) is 0 Å². The van der Waals surface area contributed by atoms with Gasteiger partial charge in [0.2, 0.25) is 0 Å². The van der Waals surface area contributed by atoms with Crippen LogP contribution >= 0.6 is 45.3 Å². The second-order valence-electron chi connectivity index (χ2n) is 23.3. The molecule has 2 aliphatic carbocycles. The van der Waals surface area contributed by atoms with Gasteiger partial charge in [-0.3, -0.25) is 0 Å². The van der Waals surface area contributed by atoms with Gasteiger partial charge < -0.3 is 19.1 Å². The molecule has 1 N–H and O–H groups in total. The summed E-state index contributed by atoms with van der Waals surface area (Å²) in [6.45, 7) is 9.41. The maximum atomic E-state index is 6.18. The first-order valence-corrected chi connectivity index (χ1v) is 31.6. The highest BCUT2D eigenvalue weighted by atomic mass is 127. The van der Waals surface area contributed by atoms with Crippen molar-refractivity contribution >= 4 is 158 Å². The van der Waals surface area contributed by atoms with E-state index in [-0.39, 0.29) is 10.8 Å². The molecule has 0 bridgehead atoms. The number of hydrogen-bond donors (Lipinski definition) is 1. The molecule has 0 aliphatic heterocycles. The maximum absolute atomic E-state index is 6.18. The second-order valence-corrected chi connectivity index (χ2v) is 26.5. The predicted octanol–water partition coefficient (Wildman–Crippen LogP) is 24.0. The third-order valence-corrected chi connectivity index (χ3v) is 21.5. The molecule has 4 nitrogen and oxygen atoms in total. The Morgan fingerprint density at radius 1 is 0.341 bits per heavy atom. The Bertz CT molecular complexity index is 5320. The maximum Gasteiger partial charge on any atom is 0.135 e. The van der Waals surface area contributed by atoms with Crippen LogP contribution in [0.4, 0.5) is 28.4 Å². The van der Waals surface area contributed by atoms with E-state index in [1.807, 2.05) is 83.3 Å². The summed E-state index contributed by atoms with van der Waals surface area (Å²) in [6, 6.07) is 90.7. The highest BCUT2D eigenvalue weighted by Crippen LogP contribution is 2.57. The molecule has 12 aromatic carbocycles. The van der Waals surface area contributed by atoms with Crippen molar-refractivity contribution in [2.24, 2.45) is 0 Å². The molecule has 16 aromatic rings. The largest absolute Gasteiger partial charge is 0.456 e. The van der Waals surface area contributed by atoms with E-state index in [4.69, 9.17) is 8.83 Å². The predicted molar refractivity (Wildman–Crippen MR) is 372 cm³/mol. The Hall–Kier alpha value is -8.99. The van der Waals surface area contributed by atoms with Crippen LogP contribution in [0.1, 0.15) is 49.9 Å². The average Bonchev–Trinajstić information content (AvgIpc) is 1.88. The number of benzene rings is 12. The van der Waals surface area contributed by atoms with Crippen molar-refractivity contribution in [3.05, 3.63) is 281 Å². The van der Waals surface area contributed by atoms with Gasteiger partial charge >= 0.3 is 0 Å². The molecule has 0 saturated heterocycles. The number of halogens is 1. The van der Waals surface area contributed by atoms with Crippen molar-refractivity contribution in [1.29, 1.82) is 0 Å². The number of anilines is 5. The van der Waals surface area contributed by atoms with Gasteiger partial charge in [-0.1, -0.05) is 198 Å². The molecule has 18 rings (SSSR count). The van der Waals surface area contributed by atoms with Crippen LogP contribution in [0.5, 0.6) is 0 Å². The lowest BCUT2D eigenvalue weighted by atomic mass is 9.82. The summed E-state index contributed by atoms with van der Waals surface area (Å²) < 4.78 is 18.9. The van der Waals surface area contributed by atoms with Crippen LogP contribution < -0.4 is 10.2 Å². The summed E-state index contributed by atoms with van der Waals surface area (Å²) in [5.41, 5.74) is 20.7.